The van der Waals surface area contributed by atoms with Gasteiger partial charge in [-0.3, -0.25) is 0 Å². The molecule has 0 saturated carbocycles. The van der Waals surface area contributed by atoms with E-state index in [1.54, 1.807) is 0 Å². The van der Waals surface area contributed by atoms with Crippen molar-refractivity contribution < 1.29 is 9.84 Å². The minimum absolute atomic E-state index is 0.387. The monoisotopic (exact) mass is 343 g/mol. The van der Waals surface area contributed by atoms with Crippen molar-refractivity contribution in [2.24, 2.45) is 5.92 Å². The zero-order valence-electron chi connectivity index (χ0n) is 12.7. The van der Waals surface area contributed by atoms with Crippen molar-refractivity contribution in [1.29, 1.82) is 0 Å². The summed E-state index contributed by atoms with van der Waals surface area (Å²) >= 11 is 3.50. The number of aliphatic hydroxyl groups is 1. The van der Waals surface area contributed by atoms with Gasteiger partial charge in [-0.05, 0) is 43.4 Å². The van der Waals surface area contributed by atoms with Crippen molar-refractivity contribution in [3.05, 3.63) is 28.2 Å². The van der Waals surface area contributed by atoms with Gasteiger partial charge in [0.25, 0.3) is 0 Å². The summed E-state index contributed by atoms with van der Waals surface area (Å²) in [4.78, 5) is 0. The summed E-state index contributed by atoms with van der Waals surface area (Å²) in [6, 6.07) is 6.07. The number of hydrogen-bond acceptors (Lipinski definition) is 3. The molecule has 2 N–H and O–H groups in total. The summed E-state index contributed by atoms with van der Waals surface area (Å²) in [5.41, 5.74) is 2.20. The van der Waals surface area contributed by atoms with Crippen LogP contribution in [0.2, 0.25) is 0 Å². The molecule has 0 aliphatic carbocycles. The Morgan fingerprint density at radius 2 is 2.10 bits per heavy atom. The third-order valence-corrected chi connectivity index (χ3v) is 3.95. The molecule has 0 aliphatic heterocycles. The van der Waals surface area contributed by atoms with Gasteiger partial charge in [-0.25, -0.2) is 0 Å². The maximum absolute atomic E-state index is 9.84. The van der Waals surface area contributed by atoms with E-state index >= 15 is 0 Å². The normalized spacial score (nSPS) is 12.7. The topological polar surface area (TPSA) is 41.5 Å². The molecule has 4 heteroatoms. The molecule has 0 saturated heterocycles. The van der Waals surface area contributed by atoms with Crippen LogP contribution >= 0.6 is 15.9 Å². The average Bonchev–Trinajstić information content (AvgIpc) is 2.39. The highest BCUT2D eigenvalue weighted by Crippen LogP contribution is 2.20. The van der Waals surface area contributed by atoms with Gasteiger partial charge in [0.15, 0.2) is 0 Å². The van der Waals surface area contributed by atoms with Gasteiger partial charge in [0, 0.05) is 23.3 Å². The lowest BCUT2D eigenvalue weighted by Crippen LogP contribution is -2.25. The van der Waals surface area contributed by atoms with Crippen LogP contribution in [-0.4, -0.2) is 31.0 Å². The van der Waals surface area contributed by atoms with E-state index < -0.39 is 6.10 Å². The second-order valence-corrected chi connectivity index (χ2v) is 6.46. The summed E-state index contributed by atoms with van der Waals surface area (Å²) in [6.45, 7) is 8.08. The molecule has 1 aromatic carbocycles. The zero-order chi connectivity index (χ0) is 15.0. The largest absolute Gasteiger partial charge is 0.389 e. The van der Waals surface area contributed by atoms with E-state index in [1.165, 1.54) is 12.0 Å². The molecule has 1 atom stereocenters. The van der Waals surface area contributed by atoms with Gasteiger partial charge in [-0.15, -0.1) is 0 Å². The quantitative estimate of drug-likeness (QED) is 0.666. The Hall–Kier alpha value is -0.580. The first-order valence-electron chi connectivity index (χ1n) is 7.25. The molecule has 0 amide bonds. The highest BCUT2D eigenvalue weighted by atomic mass is 79.9. The number of hydrogen-bond donors (Lipinski definition) is 2. The zero-order valence-corrected chi connectivity index (χ0v) is 14.2. The Morgan fingerprint density at radius 3 is 2.75 bits per heavy atom. The molecule has 0 spiro atoms. The highest BCUT2D eigenvalue weighted by Gasteiger charge is 2.05. The van der Waals surface area contributed by atoms with Gasteiger partial charge in [-0.1, -0.05) is 35.8 Å². The minimum Gasteiger partial charge on any atom is -0.389 e. The van der Waals surface area contributed by atoms with Gasteiger partial charge in [0.1, 0.15) is 0 Å². The molecule has 114 valence electrons. The Morgan fingerprint density at radius 1 is 1.35 bits per heavy atom. The third-order valence-electron chi connectivity index (χ3n) is 3.09. The van der Waals surface area contributed by atoms with Gasteiger partial charge >= 0.3 is 0 Å². The first-order valence-corrected chi connectivity index (χ1v) is 8.04. The standard InChI is InChI=1S/C16H26BrNO2/c1-12(2)5-4-8-20-11-15(19)10-18-14-7-6-13(3)16(17)9-14/h6-7,9,12,15,18-19H,4-5,8,10-11H2,1-3H3. The number of aryl methyl sites for hydroxylation is 1. The van der Waals surface area contributed by atoms with E-state index in [0.717, 1.165) is 23.2 Å². The number of aliphatic hydroxyl groups excluding tert-OH is 1. The minimum atomic E-state index is -0.478. The molecular formula is C16H26BrNO2. The van der Waals surface area contributed by atoms with Crippen LogP contribution in [-0.2, 0) is 4.74 Å². The fourth-order valence-corrected chi connectivity index (χ4v) is 2.19. The van der Waals surface area contributed by atoms with E-state index in [0.29, 0.717) is 19.1 Å². The number of ether oxygens (including phenoxy) is 1. The molecule has 0 radical (unpaired) electrons. The van der Waals surface area contributed by atoms with Crippen LogP contribution in [0.25, 0.3) is 0 Å². The molecule has 1 aromatic rings. The summed E-state index contributed by atoms with van der Waals surface area (Å²) in [5.74, 6) is 0.713. The third kappa shape index (κ3) is 7.27. The van der Waals surface area contributed by atoms with E-state index in [2.05, 4.69) is 35.1 Å². The fourth-order valence-electron chi connectivity index (χ4n) is 1.81. The first-order chi connectivity index (χ1) is 9.49. The molecule has 0 heterocycles. The molecular weight excluding hydrogens is 318 g/mol. The van der Waals surface area contributed by atoms with Crippen LogP contribution in [0.3, 0.4) is 0 Å². The average molecular weight is 344 g/mol. The summed E-state index contributed by atoms with van der Waals surface area (Å²) < 4.78 is 6.55. The number of benzene rings is 1. The number of nitrogens with one attached hydrogen (secondary N) is 1. The Labute approximate surface area is 130 Å². The first kappa shape index (κ1) is 17.5. The van der Waals surface area contributed by atoms with Crippen molar-refractivity contribution >= 4 is 21.6 Å². The van der Waals surface area contributed by atoms with E-state index in [9.17, 15) is 5.11 Å². The SMILES string of the molecule is Cc1ccc(NCC(O)COCCCC(C)C)cc1Br. The molecule has 1 unspecified atom stereocenters. The Balaban J connectivity index is 2.16. The van der Waals surface area contributed by atoms with Crippen molar-refractivity contribution in [3.63, 3.8) is 0 Å². The highest BCUT2D eigenvalue weighted by molar-refractivity contribution is 9.10. The lowest BCUT2D eigenvalue weighted by Gasteiger charge is -2.14. The van der Waals surface area contributed by atoms with Crippen LogP contribution < -0.4 is 5.32 Å². The summed E-state index contributed by atoms with van der Waals surface area (Å²) in [7, 11) is 0. The van der Waals surface area contributed by atoms with Crippen molar-refractivity contribution in [1.82, 2.24) is 0 Å². The summed E-state index contributed by atoms with van der Waals surface area (Å²) in [5, 5.41) is 13.1. The smallest absolute Gasteiger partial charge is 0.0945 e. The predicted molar refractivity (Wildman–Crippen MR) is 88.3 cm³/mol. The molecule has 0 aliphatic rings. The predicted octanol–water partition coefficient (Wildman–Crippen LogP) is 3.98. The second kappa shape index (κ2) is 9.37. The molecule has 0 fully saturated rings. The second-order valence-electron chi connectivity index (χ2n) is 5.61. The van der Waals surface area contributed by atoms with Crippen LogP contribution in [0.1, 0.15) is 32.3 Å². The van der Waals surface area contributed by atoms with Gasteiger partial charge in [0.05, 0.1) is 12.7 Å². The van der Waals surface area contributed by atoms with Crippen LogP contribution in [0, 0.1) is 12.8 Å². The maximum Gasteiger partial charge on any atom is 0.0945 e. The fraction of sp³-hybridized carbons (Fsp3) is 0.625. The molecule has 0 aromatic heterocycles. The maximum atomic E-state index is 9.84. The Bertz CT molecular complexity index is 396. The summed E-state index contributed by atoms with van der Waals surface area (Å²) in [6.07, 6.45) is 1.75. The van der Waals surface area contributed by atoms with Crippen LogP contribution in [0.5, 0.6) is 0 Å². The van der Waals surface area contributed by atoms with Crippen molar-refractivity contribution in [2.75, 3.05) is 25.1 Å². The van der Waals surface area contributed by atoms with Crippen molar-refractivity contribution in [3.8, 4) is 0 Å². The number of anilines is 1. The lowest BCUT2D eigenvalue weighted by atomic mass is 10.1. The van der Waals surface area contributed by atoms with Crippen molar-refractivity contribution in [2.45, 2.75) is 39.7 Å². The number of halogens is 1. The van der Waals surface area contributed by atoms with Gasteiger partial charge in [-0.2, -0.15) is 0 Å². The van der Waals surface area contributed by atoms with Gasteiger partial charge < -0.3 is 15.2 Å². The molecule has 1 rings (SSSR count). The van der Waals surface area contributed by atoms with Crippen LogP contribution in [0.15, 0.2) is 22.7 Å². The van der Waals surface area contributed by atoms with E-state index in [1.807, 2.05) is 25.1 Å². The molecule has 20 heavy (non-hydrogen) atoms. The molecule has 0 bridgehead atoms. The van der Waals surface area contributed by atoms with Crippen LogP contribution in [0.4, 0.5) is 5.69 Å². The molecule has 3 nitrogen and oxygen atoms in total. The van der Waals surface area contributed by atoms with Gasteiger partial charge in [0.2, 0.25) is 0 Å². The van der Waals surface area contributed by atoms with E-state index in [-0.39, 0.29) is 0 Å². The van der Waals surface area contributed by atoms with E-state index in [4.69, 9.17) is 4.74 Å². The Kier molecular flexibility index (Phi) is 8.19. The number of rotatable bonds is 9. The lowest BCUT2D eigenvalue weighted by molar-refractivity contribution is 0.0409.